The summed E-state index contributed by atoms with van der Waals surface area (Å²) < 4.78 is 0. The smallest absolute Gasteiger partial charge is 0.0647 e. The number of nitrogens with one attached hydrogen (secondary N) is 1. The number of benzene rings is 2. The molecule has 0 aliphatic carbocycles. The van der Waals surface area contributed by atoms with E-state index in [9.17, 15) is 0 Å². The maximum atomic E-state index is 6.02. The number of nitrogens with zero attached hydrogens (tertiary/aromatic N) is 1. The van der Waals surface area contributed by atoms with Gasteiger partial charge in [0.25, 0.3) is 0 Å². The second-order valence-corrected chi connectivity index (χ2v) is 5.06. The minimum atomic E-state index is 0.770. The Morgan fingerprint density at radius 3 is 2.37 bits per heavy atom. The van der Waals surface area contributed by atoms with E-state index in [1.165, 1.54) is 11.3 Å². The van der Waals surface area contributed by atoms with Crippen LogP contribution in [0.1, 0.15) is 11.1 Å². The molecule has 3 N–H and O–H groups in total. The van der Waals surface area contributed by atoms with Gasteiger partial charge >= 0.3 is 0 Å². The van der Waals surface area contributed by atoms with E-state index in [0.29, 0.717) is 0 Å². The van der Waals surface area contributed by atoms with E-state index in [0.717, 1.165) is 22.6 Å². The second kappa shape index (κ2) is 5.22. The SMILES string of the molecule is Cc1ccc(Nc2c(C)cccc2N)cc1N(C)C. The van der Waals surface area contributed by atoms with Gasteiger partial charge in [-0.2, -0.15) is 0 Å². The normalized spacial score (nSPS) is 10.3. The number of anilines is 4. The predicted molar refractivity (Wildman–Crippen MR) is 84.4 cm³/mol. The molecule has 0 saturated carbocycles. The minimum absolute atomic E-state index is 0.770. The van der Waals surface area contributed by atoms with Crippen LogP contribution >= 0.6 is 0 Å². The molecule has 0 spiro atoms. The summed E-state index contributed by atoms with van der Waals surface area (Å²) in [5.74, 6) is 0. The van der Waals surface area contributed by atoms with Crippen LogP contribution in [0.25, 0.3) is 0 Å². The Balaban J connectivity index is 2.36. The quantitative estimate of drug-likeness (QED) is 0.822. The van der Waals surface area contributed by atoms with Crippen molar-refractivity contribution in [3.63, 3.8) is 0 Å². The molecule has 0 amide bonds. The number of aryl methyl sites for hydroxylation is 2. The lowest BCUT2D eigenvalue weighted by atomic mass is 10.1. The van der Waals surface area contributed by atoms with Crippen molar-refractivity contribution in [1.29, 1.82) is 0 Å². The van der Waals surface area contributed by atoms with Crippen LogP contribution in [-0.2, 0) is 0 Å². The molecule has 100 valence electrons. The van der Waals surface area contributed by atoms with Gasteiger partial charge in [0.15, 0.2) is 0 Å². The van der Waals surface area contributed by atoms with Crippen molar-refractivity contribution in [2.24, 2.45) is 0 Å². The third-order valence-corrected chi connectivity index (χ3v) is 3.27. The largest absolute Gasteiger partial charge is 0.397 e. The molecule has 2 aromatic rings. The molecule has 0 saturated heterocycles. The summed E-state index contributed by atoms with van der Waals surface area (Å²) in [6.07, 6.45) is 0. The Morgan fingerprint density at radius 2 is 1.74 bits per heavy atom. The Morgan fingerprint density at radius 1 is 1.00 bits per heavy atom. The lowest BCUT2D eigenvalue weighted by Gasteiger charge is -2.18. The fourth-order valence-corrected chi connectivity index (χ4v) is 2.17. The lowest BCUT2D eigenvalue weighted by Crippen LogP contribution is -2.10. The predicted octanol–water partition coefficient (Wildman–Crippen LogP) is 3.70. The van der Waals surface area contributed by atoms with Crippen LogP contribution in [0.4, 0.5) is 22.7 Å². The van der Waals surface area contributed by atoms with Crippen molar-refractivity contribution in [3.05, 3.63) is 47.5 Å². The van der Waals surface area contributed by atoms with Crippen molar-refractivity contribution in [1.82, 2.24) is 0 Å². The van der Waals surface area contributed by atoms with Crippen molar-refractivity contribution < 1.29 is 0 Å². The number of nitrogens with two attached hydrogens (primary N) is 1. The highest BCUT2D eigenvalue weighted by molar-refractivity contribution is 5.77. The fourth-order valence-electron chi connectivity index (χ4n) is 2.17. The van der Waals surface area contributed by atoms with Crippen molar-refractivity contribution in [3.8, 4) is 0 Å². The molecule has 0 radical (unpaired) electrons. The number of para-hydroxylation sites is 1. The number of hydrogen-bond donors (Lipinski definition) is 2. The Bertz CT molecular complexity index is 568. The van der Waals surface area contributed by atoms with E-state index in [2.05, 4.69) is 48.3 Å². The first-order chi connectivity index (χ1) is 8.99. The first-order valence-corrected chi connectivity index (χ1v) is 6.39. The van der Waals surface area contributed by atoms with Gasteiger partial charge in [0.2, 0.25) is 0 Å². The van der Waals surface area contributed by atoms with Gasteiger partial charge in [-0.05, 0) is 43.2 Å². The van der Waals surface area contributed by atoms with Crippen LogP contribution in [0.5, 0.6) is 0 Å². The number of rotatable bonds is 3. The molecule has 0 aliphatic heterocycles. The minimum Gasteiger partial charge on any atom is -0.397 e. The third-order valence-electron chi connectivity index (χ3n) is 3.27. The summed E-state index contributed by atoms with van der Waals surface area (Å²) in [4.78, 5) is 2.11. The zero-order valence-corrected chi connectivity index (χ0v) is 12.0. The molecule has 0 aromatic heterocycles. The van der Waals surface area contributed by atoms with Gasteiger partial charge in [0, 0.05) is 25.5 Å². The van der Waals surface area contributed by atoms with Gasteiger partial charge in [-0.25, -0.2) is 0 Å². The Hall–Kier alpha value is -2.16. The zero-order chi connectivity index (χ0) is 14.0. The summed E-state index contributed by atoms with van der Waals surface area (Å²) in [6, 6.07) is 12.3. The molecule has 3 heteroatoms. The first-order valence-electron chi connectivity index (χ1n) is 6.39. The summed E-state index contributed by atoms with van der Waals surface area (Å²) in [6.45, 7) is 4.17. The van der Waals surface area contributed by atoms with E-state index < -0.39 is 0 Å². The van der Waals surface area contributed by atoms with Gasteiger partial charge in [-0.1, -0.05) is 18.2 Å². The van der Waals surface area contributed by atoms with E-state index in [1.54, 1.807) is 0 Å². The second-order valence-electron chi connectivity index (χ2n) is 5.06. The van der Waals surface area contributed by atoms with E-state index in [4.69, 9.17) is 5.73 Å². The summed E-state index contributed by atoms with van der Waals surface area (Å²) in [7, 11) is 4.10. The van der Waals surface area contributed by atoms with Crippen molar-refractivity contribution in [2.75, 3.05) is 30.0 Å². The molecule has 0 unspecified atom stereocenters. The van der Waals surface area contributed by atoms with Gasteiger partial charge in [-0.3, -0.25) is 0 Å². The van der Waals surface area contributed by atoms with Crippen LogP contribution in [0.3, 0.4) is 0 Å². The highest BCUT2D eigenvalue weighted by Crippen LogP contribution is 2.29. The highest BCUT2D eigenvalue weighted by atomic mass is 15.1. The van der Waals surface area contributed by atoms with E-state index in [-0.39, 0.29) is 0 Å². The molecular weight excluding hydrogens is 234 g/mol. The van der Waals surface area contributed by atoms with E-state index >= 15 is 0 Å². The molecule has 2 rings (SSSR count). The average Bonchev–Trinajstić information content (AvgIpc) is 2.35. The first kappa shape index (κ1) is 13.3. The molecule has 0 fully saturated rings. The maximum Gasteiger partial charge on any atom is 0.0647 e. The molecule has 2 aromatic carbocycles. The van der Waals surface area contributed by atoms with Gasteiger partial charge in [-0.15, -0.1) is 0 Å². The van der Waals surface area contributed by atoms with Crippen LogP contribution in [0, 0.1) is 13.8 Å². The third kappa shape index (κ3) is 2.81. The molecule has 0 atom stereocenters. The average molecular weight is 255 g/mol. The van der Waals surface area contributed by atoms with Crippen LogP contribution in [-0.4, -0.2) is 14.1 Å². The molecule has 19 heavy (non-hydrogen) atoms. The Kier molecular flexibility index (Phi) is 3.65. The number of nitrogen functional groups attached to an aromatic ring is 1. The topological polar surface area (TPSA) is 41.3 Å². The van der Waals surface area contributed by atoms with Crippen LogP contribution < -0.4 is 16.0 Å². The van der Waals surface area contributed by atoms with Gasteiger partial charge in [0.05, 0.1) is 11.4 Å². The van der Waals surface area contributed by atoms with Crippen molar-refractivity contribution in [2.45, 2.75) is 13.8 Å². The summed E-state index contributed by atoms with van der Waals surface area (Å²) in [5.41, 5.74) is 12.4. The number of hydrogen-bond acceptors (Lipinski definition) is 3. The van der Waals surface area contributed by atoms with Gasteiger partial charge in [0.1, 0.15) is 0 Å². The molecule has 0 heterocycles. The molecule has 0 bridgehead atoms. The maximum absolute atomic E-state index is 6.02. The zero-order valence-electron chi connectivity index (χ0n) is 12.0. The summed E-state index contributed by atoms with van der Waals surface area (Å²) >= 11 is 0. The highest BCUT2D eigenvalue weighted by Gasteiger charge is 2.06. The molecule has 3 nitrogen and oxygen atoms in total. The summed E-state index contributed by atoms with van der Waals surface area (Å²) in [5, 5.41) is 3.41. The van der Waals surface area contributed by atoms with E-state index in [1.807, 2.05) is 26.2 Å². The standard InChI is InChI=1S/C16H21N3/c1-11-8-9-13(10-15(11)19(3)4)18-16-12(2)6-5-7-14(16)17/h5-10,18H,17H2,1-4H3. The molecular formula is C16H21N3. The Labute approximate surface area is 115 Å². The van der Waals surface area contributed by atoms with Gasteiger partial charge < -0.3 is 16.0 Å². The van der Waals surface area contributed by atoms with Crippen LogP contribution in [0.2, 0.25) is 0 Å². The monoisotopic (exact) mass is 255 g/mol. The fraction of sp³-hybridized carbons (Fsp3) is 0.250. The lowest BCUT2D eigenvalue weighted by molar-refractivity contribution is 1.11. The molecule has 0 aliphatic rings. The van der Waals surface area contributed by atoms with Crippen LogP contribution in [0.15, 0.2) is 36.4 Å². The van der Waals surface area contributed by atoms with Crippen molar-refractivity contribution >= 4 is 22.7 Å².